The van der Waals surface area contributed by atoms with Crippen molar-refractivity contribution in [3.63, 3.8) is 0 Å². The zero-order chi connectivity index (χ0) is 13.8. The highest BCUT2D eigenvalue weighted by Crippen LogP contribution is 2.19. The number of hydrogen-bond acceptors (Lipinski definition) is 2. The molecule has 1 rings (SSSR count). The van der Waals surface area contributed by atoms with Crippen LogP contribution < -0.4 is 10.6 Å². The maximum Gasteiger partial charge on any atom is 0.234 e. The number of carbonyl (C=O) groups is 1. The second kappa shape index (κ2) is 6.29. The van der Waals surface area contributed by atoms with E-state index in [9.17, 15) is 9.18 Å². The summed E-state index contributed by atoms with van der Waals surface area (Å²) >= 11 is 3.18. The molecule has 0 bridgehead atoms. The second-order valence-corrected chi connectivity index (χ2v) is 5.91. The standard InChI is InChI=1S/C13H18BrFN2O/c1-13(2,3)17-11(18)8-16-7-9-5-4-6-10(15)12(9)14/h4-6,16H,7-8H2,1-3H3,(H,17,18). The summed E-state index contributed by atoms with van der Waals surface area (Å²) in [6.07, 6.45) is 0. The molecule has 1 aromatic rings. The van der Waals surface area contributed by atoms with Crippen molar-refractivity contribution in [1.29, 1.82) is 0 Å². The Bertz CT molecular complexity index is 429. The van der Waals surface area contributed by atoms with Gasteiger partial charge in [0.2, 0.25) is 5.91 Å². The molecule has 0 aromatic heterocycles. The lowest BCUT2D eigenvalue weighted by Crippen LogP contribution is -2.44. The van der Waals surface area contributed by atoms with E-state index in [0.717, 1.165) is 5.56 Å². The van der Waals surface area contributed by atoms with Gasteiger partial charge in [0, 0.05) is 12.1 Å². The maximum absolute atomic E-state index is 13.2. The Morgan fingerprint density at radius 1 is 1.39 bits per heavy atom. The van der Waals surface area contributed by atoms with Crippen molar-refractivity contribution >= 4 is 21.8 Å². The van der Waals surface area contributed by atoms with Gasteiger partial charge in [0.25, 0.3) is 0 Å². The van der Waals surface area contributed by atoms with Crippen LogP contribution in [0.1, 0.15) is 26.3 Å². The predicted octanol–water partition coefficient (Wildman–Crippen LogP) is 2.59. The molecule has 1 amide bonds. The molecule has 0 radical (unpaired) electrons. The highest BCUT2D eigenvalue weighted by molar-refractivity contribution is 9.10. The molecule has 18 heavy (non-hydrogen) atoms. The van der Waals surface area contributed by atoms with Gasteiger partial charge in [0.15, 0.2) is 0 Å². The molecule has 0 spiro atoms. The monoisotopic (exact) mass is 316 g/mol. The van der Waals surface area contributed by atoms with Crippen LogP contribution in [0.25, 0.3) is 0 Å². The molecule has 0 aliphatic heterocycles. The molecule has 0 heterocycles. The van der Waals surface area contributed by atoms with Crippen molar-refractivity contribution < 1.29 is 9.18 Å². The third kappa shape index (κ3) is 5.14. The Labute approximate surface area is 115 Å². The summed E-state index contributed by atoms with van der Waals surface area (Å²) in [7, 11) is 0. The van der Waals surface area contributed by atoms with Crippen LogP contribution in [0.2, 0.25) is 0 Å². The lowest BCUT2D eigenvalue weighted by atomic mass is 10.1. The van der Waals surface area contributed by atoms with Gasteiger partial charge >= 0.3 is 0 Å². The number of rotatable bonds is 4. The van der Waals surface area contributed by atoms with Gasteiger partial charge in [-0.15, -0.1) is 0 Å². The van der Waals surface area contributed by atoms with Crippen molar-refractivity contribution in [3.8, 4) is 0 Å². The maximum atomic E-state index is 13.2. The molecule has 0 fully saturated rings. The second-order valence-electron chi connectivity index (χ2n) is 5.11. The normalized spacial score (nSPS) is 11.4. The van der Waals surface area contributed by atoms with Crippen LogP contribution in [0, 0.1) is 5.82 Å². The van der Waals surface area contributed by atoms with Gasteiger partial charge in [0.1, 0.15) is 5.82 Å². The van der Waals surface area contributed by atoms with Gasteiger partial charge in [-0.3, -0.25) is 4.79 Å². The van der Waals surface area contributed by atoms with Gasteiger partial charge in [0.05, 0.1) is 11.0 Å². The van der Waals surface area contributed by atoms with Gasteiger partial charge in [-0.2, -0.15) is 0 Å². The number of carbonyl (C=O) groups excluding carboxylic acids is 1. The number of halogens is 2. The first-order valence-corrected chi connectivity index (χ1v) is 6.53. The van der Waals surface area contributed by atoms with E-state index >= 15 is 0 Å². The largest absolute Gasteiger partial charge is 0.350 e. The molecule has 3 nitrogen and oxygen atoms in total. The van der Waals surface area contributed by atoms with Crippen LogP contribution in [0.3, 0.4) is 0 Å². The van der Waals surface area contributed by atoms with E-state index in [-0.39, 0.29) is 23.8 Å². The van der Waals surface area contributed by atoms with Crippen LogP contribution in [-0.2, 0) is 11.3 Å². The lowest BCUT2D eigenvalue weighted by Gasteiger charge is -2.20. The van der Waals surface area contributed by atoms with Crippen LogP contribution in [0.5, 0.6) is 0 Å². The average Bonchev–Trinajstić information content (AvgIpc) is 2.21. The summed E-state index contributed by atoms with van der Waals surface area (Å²) in [6.45, 7) is 6.42. The van der Waals surface area contributed by atoms with E-state index in [2.05, 4.69) is 26.6 Å². The number of hydrogen-bond donors (Lipinski definition) is 2. The highest BCUT2D eigenvalue weighted by Gasteiger charge is 2.13. The van der Waals surface area contributed by atoms with Crippen molar-refractivity contribution in [2.75, 3.05) is 6.54 Å². The first-order valence-electron chi connectivity index (χ1n) is 5.74. The van der Waals surface area contributed by atoms with Crippen LogP contribution >= 0.6 is 15.9 Å². The van der Waals surface area contributed by atoms with Gasteiger partial charge in [-0.1, -0.05) is 12.1 Å². The quantitative estimate of drug-likeness (QED) is 0.896. The first-order chi connectivity index (χ1) is 8.29. The fourth-order valence-electron chi connectivity index (χ4n) is 1.46. The summed E-state index contributed by atoms with van der Waals surface area (Å²) in [6, 6.07) is 4.84. The average molecular weight is 317 g/mol. The Hall–Kier alpha value is -0.940. The number of amides is 1. The van der Waals surface area contributed by atoms with E-state index in [1.807, 2.05) is 26.8 Å². The van der Waals surface area contributed by atoms with Gasteiger partial charge < -0.3 is 10.6 Å². The molecule has 0 unspecified atom stereocenters. The van der Waals surface area contributed by atoms with E-state index in [1.54, 1.807) is 6.07 Å². The summed E-state index contributed by atoms with van der Waals surface area (Å²) in [5.74, 6) is -0.372. The summed E-state index contributed by atoms with van der Waals surface area (Å²) in [4.78, 5) is 11.5. The third-order valence-corrected chi connectivity index (χ3v) is 3.04. The summed E-state index contributed by atoms with van der Waals surface area (Å²) < 4.78 is 13.7. The van der Waals surface area contributed by atoms with Crippen LogP contribution in [0.4, 0.5) is 4.39 Å². The molecule has 0 saturated carbocycles. The van der Waals surface area contributed by atoms with Crippen molar-refractivity contribution in [2.24, 2.45) is 0 Å². The molecular formula is C13H18BrFN2O. The zero-order valence-corrected chi connectivity index (χ0v) is 12.4. The molecule has 1 aromatic carbocycles. The van der Waals surface area contributed by atoms with Gasteiger partial charge in [-0.25, -0.2) is 4.39 Å². The Morgan fingerprint density at radius 3 is 2.67 bits per heavy atom. The Balaban J connectivity index is 2.43. The zero-order valence-electron chi connectivity index (χ0n) is 10.8. The summed E-state index contributed by atoms with van der Waals surface area (Å²) in [5.41, 5.74) is 0.552. The molecule has 0 saturated heterocycles. The molecule has 2 N–H and O–H groups in total. The molecule has 0 atom stereocenters. The predicted molar refractivity (Wildman–Crippen MR) is 73.7 cm³/mol. The minimum absolute atomic E-state index is 0.0741. The molecule has 100 valence electrons. The minimum Gasteiger partial charge on any atom is -0.350 e. The third-order valence-electron chi connectivity index (χ3n) is 2.15. The minimum atomic E-state index is -0.298. The molecule has 0 aliphatic carbocycles. The number of nitrogens with one attached hydrogen (secondary N) is 2. The molecule has 0 aliphatic rings. The van der Waals surface area contributed by atoms with E-state index in [1.165, 1.54) is 6.07 Å². The van der Waals surface area contributed by atoms with Crippen molar-refractivity contribution in [3.05, 3.63) is 34.1 Å². The fraction of sp³-hybridized carbons (Fsp3) is 0.462. The summed E-state index contributed by atoms with van der Waals surface area (Å²) in [5, 5.41) is 5.83. The van der Waals surface area contributed by atoms with Crippen molar-refractivity contribution in [2.45, 2.75) is 32.9 Å². The van der Waals surface area contributed by atoms with E-state index in [4.69, 9.17) is 0 Å². The van der Waals surface area contributed by atoms with Crippen molar-refractivity contribution in [1.82, 2.24) is 10.6 Å². The lowest BCUT2D eigenvalue weighted by molar-refractivity contribution is -0.121. The van der Waals surface area contributed by atoms with Crippen LogP contribution in [0.15, 0.2) is 22.7 Å². The smallest absolute Gasteiger partial charge is 0.234 e. The van der Waals surface area contributed by atoms with Crippen LogP contribution in [-0.4, -0.2) is 18.0 Å². The molecular weight excluding hydrogens is 299 g/mol. The van der Waals surface area contributed by atoms with E-state index in [0.29, 0.717) is 11.0 Å². The SMILES string of the molecule is CC(C)(C)NC(=O)CNCc1cccc(F)c1Br. The Kier molecular flexibility index (Phi) is 5.28. The van der Waals surface area contributed by atoms with Gasteiger partial charge in [-0.05, 0) is 48.3 Å². The highest BCUT2D eigenvalue weighted by atomic mass is 79.9. The number of benzene rings is 1. The van der Waals surface area contributed by atoms with E-state index < -0.39 is 0 Å². The first kappa shape index (κ1) is 15.1. The molecule has 5 heteroatoms. The Morgan fingerprint density at radius 2 is 2.06 bits per heavy atom. The fourth-order valence-corrected chi connectivity index (χ4v) is 1.86. The topological polar surface area (TPSA) is 41.1 Å².